The summed E-state index contributed by atoms with van der Waals surface area (Å²) < 4.78 is 7.47. The van der Waals surface area contributed by atoms with E-state index >= 15 is 0 Å². The van der Waals surface area contributed by atoms with Gasteiger partial charge in [0.05, 0.1) is 0 Å². The normalized spacial score (nSPS) is 20.4. The van der Waals surface area contributed by atoms with Crippen LogP contribution in [0.2, 0.25) is 0 Å². The van der Waals surface area contributed by atoms with Crippen molar-refractivity contribution in [2.24, 2.45) is 5.92 Å². The molecule has 1 saturated carbocycles. The highest BCUT2D eigenvalue weighted by Crippen LogP contribution is 2.23. The third kappa shape index (κ3) is 6.40. The molecule has 7 heteroatoms. The van der Waals surface area contributed by atoms with Crippen LogP contribution in [-0.4, -0.2) is 24.7 Å². The summed E-state index contributed by atoms with van der Waals surface area (Å²) in [5.41, 5.74) is 0.972. The maximum atomic E-state index is 11.8. The maximum Gasteiger partial charge on any atom is 0.407 e. The molecule has 0 atom stereocenters. The van der Waals surface area contributed by atoms with E-state index in [2.05, 4.69) is 28.2 Å². The van der Waals surface area contributed by atoms with Crippen molar-refractivity contribution < 1.29 is 14.3 Å². The second-order valence-corrected chi connectivity index (χ2v) is 5.97. The lowest BCUT2D eigenvalue weighted by atomic mass is 9.86. The first-order valence-corrected chi connectivity index (χ1v) is 8.27. The summed E-state index contributed by atoms with van der Waals surface area (Å²) in [6.07, 6.45) is 3.36. The average molecular weight is 337 g/mol. The van der Waals surface area contributed by atoms with Crippen LogP contribution >= 0.6 is 12.8 Å². The largest absolute Gasteiger partial charge is 0.445 e. The van der Waals surface area contributed by atoms with Crippen LogP contribution in [0.5, 0.6) is 0 Å². The summed E-state index contributed by atoms with van der Waals surface area (Å²) in [4.78, 5) is 22.9. The van der Waals surface area contributed by atoms with E-state index in [0.29, 0.717) is 12.5 Å². The van der Waals surface area contributed by atoms with Crippen molar-refractivity contribution in [2.45, 2.75) is 38.3 Å². The molecule has 0 radical (unpaired) electrons. The minimum absolute atomic E-state index is 0.147. The monoisotopic (exact) mass is 337 g/mol. The fraction of sp³-hybridized carbons (Fsp3) is 0.500. The van der Waals surface area contributed by atoms with Crippen LogP contribution in [0.15, 0.2) is 30.3 Å². The van der Waals surface area contributed by atoms with Crippen molar-refractivity contribution >= 4 is 24.9 Å². The molecule has 23 heavy (non-hydrogen) atoms. The van der Waals surface area contributed by atoms with Crippen molar-refractivity contribution in [2.75, 3.05) is 6.54 Å². The lowest BCUT2D eigenvalue weighted by Crippen LogP contribution is -2.40. The molecule has 1 aromatic carbocycles. The topological polar surface area (TPSA) is 79.5 Å². The van der Waals surface area contributed by atoms with Crippen molar-refractivity contribution in [3.63, 3.8) is 0 Å². The molecule has 2 rings (SSSR count). The zero-order valence-corrected chi connectivity index (χ0v) is 13.9. The molecule has 0 unspecified atom stereocenters. The number of carbonyl (C=O) groups excluding carboxylic acids is 2. The summed E-state index contributed by atoms with van der Waals surface area (Å²) in [7, 11) is 0. The first-order valence-electron chi connectivity index (χ1n) is 7.82. The summed E-state index contributed by atoms with van der Waals surface area (Å²) >= 11 is 3.69. The van der Waals surface area contributed by atoms with Gasteiger partial charge in [0.15, 0.2) is 0 Å². The zero-order chi connectivity index (χ0) is 16.5. The lowest BCUT2D eigenvalue weighted by Gasteiger charge is -2.28. The highest BCUT2D eigenvalue weighted by atomic mass is 32.1. The van der Waals surface area contributed by atoms with Gasteiger partial charge in [0.25, 0.3) is 0 Å². The Kier molecular flexibility index (Phi) is 7.06. The molecule has 3 amide bonds. The van der Waals surface area contributed by atoms with Gasteiger partial charge in [0.2, 0.25) is 0 Å². The number of ether oxygens (including phenoxy) is 1. The molecule has 6 nitrogen and oxygen atoms in total. The van der Waals surface area contributed by atoms with Gasteiger partial charge in [0, 0.05) is 12.6 Å². The van der Waals surface area contributed by atoms with E-state index in [4.69, 9.17) is 4.74 Å². The van der Waals surface area contributed by atoms with E-state index in [1.807, 2.05) is 30.3 Å². The van der Waals surface area contributed by atoms with Gasteiger partial charge in [-0.15, -0.1) is 0 Å². The van der Waals surface area contributed by atoms with E-state index in [0.717, 1.165) is 31.2 Å². The number of hydrogen-bond donors (Lipinski definition) is 4. The quantitative estimate of drug-likeness (QED) is 0.624. The fourth-order valence-electron chi connectivity index (χ4n) is 2.72. The van der Waals surface area contributed by atoms with E-state index < -0.39 is 0 Å². The number of nitrogens with one attached hydrogen (secondary N) is 3. The maximum absolute atomic E-state index is 11.8. The Morgan fingerprint density at radius 1 is 1.13 bits per heavy atom. The SMILES string of the molecule is O=C(NS)NCC1CCC(NC(=O)OCc2ccccc2)CC1. The van der Waals surface area contributed by atoms with Crippen LogP contribution in [0.25, 0.3) is 0 Å². The van der Waals surface area contributed by atoms with Gasteiger partial charge in [0.1, 0.15) is 6.61 Å². The Balaban J connectivity index is 1.62. The third-order valence-electron chi connectivity index (χ3n) is 4.03. The second-order valence-electron chi connectivity index (χ2n) is 5.75. The number of thiol groups is 1. The Hall–Kier alpha value is -1.89. The Morgan fingerprint density at radius 2 is 1.83 bits per heavy atom. The molecule has 126 valence electrons. The van der Waals surface area contributed by atoms with Crippen molar-refractivity contribution in [3.8, 4) is 0 Å². The summed E-state index contributed by atoms with van der Waals surface area (Å²) in [5.74, 6) is 0.444. The molecule has 1 aliphatic rings. The van der Waals surface area contributed by atoms with E-state index in [9.17, 15) is 9.59 Å². The standard InChI is InChI=1S/C16H23N3O3S/c20-15(19-23)17-10-12-6-8-14(9-7-12)18-16(21)22-11-13-4-2-1-3-5-13/h1-5,12,14,23H,6-11H2,(H,18,21)(H2,17,19,20). The number of benzene rings is 1. The molecule has 1 fully saturated rings. The van der Waals surface area contributed by atoms with Crippen LogP contribution in [-0.2, 0) is 11.3 Å². The van der Waals surface area contributed by atoms with Gasteiger partial charge in [-0.05, 0) is 37.2 Å². The minimum Gasteiger partial charge on any atom is -0.445 e. The van der Waals surface area contributed by atoms with E-state index in [1.54, 1.807) is 0 Å². The van der Waals surface area contributed by atoms with Gasteiger partial charge >= 0.3 is 12.1 Å². The molecule has 1 aromatic rings. The van der Waals surface area contributed by atoms with E-state index in [1.165, 1.54) is 0 Å². The molecule has 0 spiro atoms. The fourth-order valence-corrected chi connectivity index (χ4v) is 2.80. The number of rotatable bonds is 5. The van der Waals surface area contributed by atoms with Gasteiger partial charge in [-0.25, -0.2) is 9.59 Å². The predicted octanol–water partition coefficient (Wildman–Crippen LogP) is 2.62. The molecule has 0 aliphatic heterocycles. The summed E-state index contributed by atoms with van der Waals surface area (Å²) in [6.45, 7) is 0.919. The Bertz CT molecular complexity index is 505. The second kappa shape index (κ2) is 9.29. The Morgan fingerprint density at radius 3 is 2.48 bits per heavy atom. The van der Waals surface area contributed by atoms with Gasteiger partial charge < -0.3 is 15.4 Å². The van der Waals surface area contributed by atoms with Gasteiger partial charge in [-0.3, -0.25) is 4.72 Å². The number of urea groups is 1. The number of alkyl carbamates (subject to hydrolysis) is 1. The molecule has 0 bridgehead atoms. The van der Waals surface area contributed by atoms with Crippen molar-refractivity contribution in [1.82, 2.24) is 15.4 Å². The molecule has 0 aromatic heterocycles. The number of hydrogen-bond acceptors (Lipinski definition) is 4. The van der Waals surface area contributed by atoms with Crippen LogP contribution in [0.1, 0.15) is 31.2 Å². The highest BCUT2D eigenvalue weighted by molar-refractivity contribution is 7.78. The number of amides is 3. The van der Waals surface area contributed by atoms with E-state index in [-0.39, 0.29) is 24.8 Å². The Labute approximate surface area is 141 Å². The molecular weight excluding hydrogens is 314 g/mol. The van der Waals surface area contributed by atoms with Crippen molar-refractivity contribution in [1.29, 1.82) is 0 Å². The van der Waals surface area contributed by atoms with Crippen LogP contribution in [0.3, 0.4) is 0 Å². The van der Waals surface area contributed by atoms with Crippen LogP contribution < -0.4 is 15.4 Å². The van der Waals surface area contributed by atoms with Crippen molar-refractivity contribution in [3.05, 3.63) is 35.9 Å². The summed E-state index contributed by atoms with van der Waals surface area (Å²) in [5, 5.41) is 5.67. The summed E-state index contributed by atoms with van der Waals surface area (Å²) in [6, 6.07) is 9.47. The molecule has 1 aliphatic carbocycles. The van der Waals surface area contributed by atoms with Crippen LogP contribution in [0, 0.1) is 5.92 Å². The lowest BCUT2D eigenvalue weighted by molar-refractivity contribution is 0.131. The predicted molar refractivity (Wildman–Crippen MR) is 91.0 cm³/mol. The number of carbonyl (C=O) groups is 2. The first-order chi connectivity index (χ1) is 11.2. The average Bonchev–Trinajstić information content (AvgIpc) is 2.60. The zero-order valence-electron chi connectivity index (χ0n) is 13.0. The molecule has 0 heterocycles. The smallest absolute Gasteiger partial charge is 0.407 e. The molecule has 0 saturated heterocycles. The highest BCUT2D eigenvalue weighted by Gasteiger charge is 2.23. The minimum atomic E-state index is -0.370. The third-order valence-corrected chi connectivity index (χ3v) is 4.24. The molecule has 3 N–H and O–H groups in total. The van der Waals surface area contributed by atoms with Gasteiger partial charge in [-0.1, -0.05) is 43.1 Å². The first kappa shape index (κ1) is 17.5. The van der Waals surface area contributed by atoms with Gasteiger partial charge in [-0.2, -0.15) is 0 Å². The molecular formula is C16H23N3O3S. The van der Waals surface area contributed by atoms with Crippen LogP contribution in [0.4, 0.5) is 9.59 Å².